The van der Waals surface area contributed by atoms with Crippen LogP contribution in [0.4, 0.5) is 13.2 Å². The highest BCUT2D eigenvalue weighted by molar-refractivity contribution is 9.10. The van der Waals surface area contributed by atoms with Gasteiger partial charge in [0.2, 0.25) is 0 Å². The number of halogens is 5. The van der Waals surface area contributed by atoms with Gasteiger partial charge in [-0.2, -0.15) is 13.2 Å². The van der Waals surface area contributed by atoms with Crippen LogP contribution in [0, 0.1) is 0 Å². The fourth-order valence-electron chi connectivity index (χ4n) is 0.961. The predicted molar refractivity (Wildman–Crippen MR) is 56.8 cm³/mol. The number of alkyl halides is 3. The van der Waals surface area contributed by atoms with Crippen LogP contribution in [-0.4, -0.2) is 11.2 Å². The minimum Gasteiger partial charge on any atom is -0.322 e. The topological polar surface area (TPSA) is 38.9 Å². The third-order valence-electron chi connectivity index (χ3n) is 1.58. The summed E-state index contributed by atoms with van der Waals surface area (Å²) in [6.07, 6.45) is -3.89. The average molecular weight is 306 g/mol. The first-order valence-corrected chi connectivity index (χ1v) is 4.61. The Bertz CT molecular complexity index is 302. The zero-order valence-electron chi connectivity index (χ0n) is 7.46. The van der Waals surface area contributed by atoms with E-state index in [9.17, 15) is 13.2 Å². The Kier molecular flexibility index (Phi) is 5.55. The zero-order valence-corrected chi connectivity index (χ0v) is 9.86. The van der Waals surface area contributed by atoms with Crippen molar-refractivity contribution in [1.82, 2.24) is 4.98 Å². The summed E-state index contributed by atoms with van der Waals surface area (Å²) in [5, 5.41) is 0. The van der Waals surface area contributed by atoms with Crippen LogP contribution in [0.1, 0.15) is 18.2 Å². The summed E-state index contributed by atoms with van der Waals surface area (Å²) in [6.45, 7) is 0. The van der Waals surface area contributed by atoms with E-state index in [2.05, 4.69) is 20.9 Å². The first kappa shape index (κ1) is 14.7. The molecular formula is C8H9BrClF3N2. The molecule has 0 radical (unpaired) electrons. The van der Waals surface area contributed by atoms with Gasteiger partial charge in [-0.25, -0.2) is 0 Å². The van der Waals surface area contributed by atoms with Crippen molar-refractivity contribution in [2.45, 2.75) is 18.6 Å². The summed E-state index contributed by atoms with van der Waals surface area (Å²) >= 11 is 3.13. The Morgan fingerprint density at radius 3 is 2.40 bits per heavy atom. The molecule has 0 fully saturated rings. The molecule has 0 aromatic carbocycles. The Morgan fingerprint density at radius 1 is 1.40 bits per heavy atom. The molecule has 0 unspecified atom stereocenters. The molecule has 0 aliphatic carbocycles. The Hall–Kier alpha value is -0.330. The standard InChI is InChI=1S/C8H8BrF3N2.ClH/c9-5-1-2-7(14-4-5)6(13)3-8(10,11)12;/h1-2,4,6H,3,13H2;1H/t6-;/m1./s1. The largest absolute Gasteiger partial charge is 0.390 e. The molecule has 1 heterocycles. The van der Waals surface area contributed by atoms with Crippen LogP contribution in [0.15, 0.2) is 22.8 Å². The lowest BCUT2D eigenvalue weighted by atomic mass is 10.1. The van der Waals surface area contributed by atoms with E-state index < -0.39 is 18.6 Å². The van der Waals surface area contributed by atoms with Crippen molar-refractivity contribution < 1.29 is 13.2 Å². The van der Waals surface area contributed by atoms with Gasteiger partial charge in [0.15, 0.2) is 0 Å². The Morgan fingerprint density at radius 2 is 2.00 bits per heavy atom. The molecule has 0 amide bonds. The van der Waals surface area contributed by atoms with E-state index in [1.54, 1.807) is 6.07 Å². The van der Waals surface area contributed by atoms with Gasteiger partial charge in [-0.15, -0.1) is 12.4 Å². The van der Waals surface area contributed by atoms with Crippen molar-refractivity contribution in [2.75, 3.05) is 0 Å². The van der Waals surface area contributed by atoms with Crippen LogP contribution in [0.25, 0.3) is 0 Å². The summed E-state index contributed by atoms with van der Waals surface area (Å²) < 4.78 is 36.6. The van der Waals surface area contributed by atoms with Gasteiger partial charge in [0.25, 0.3) is 0 Å². The first-order chi connectivity index (χ1) is 6.38. The van der Waals surface area contributed by atoms with Crippen molar-refractivity contribution >= 4 is 28.3 Å². The van der Waals surface area contributed by atoms with Crippen molar-refractivity contribution in [3.05, 3.63) is 28.5 Å². The van der Waals surface area contributed by atoms with E-state index in [0.717, 1.165) is 0 Å². The van der Waals surface area contributed by atoms with Crippen molar-refractivity contribution in [1.29, 1.82) is 0 Å². The van der Waals surface area contributed by atoms with E-state index in [0.29, 0.717) is 4.47 Å². The molecule has 86 valence electrons. The maximum absolute atomic E-state index is 12.0. The van der Waals surface area contributed by atoms with E-state index in [4.69, 9.17) is 5.73 Å². The second kappa shape index (κ2) is 5.67. The van der Waals surface area contributed by atoms with Crippen LogP contribution in [0.5, 0.6) is 0 Å². The second-order valence-corrected chi connectivity index (χ2v) is 3.74. The molecule has 2 N–H and O–H groups in total. The smallest absolute Gasteiger partial charge is 0.322 e. The van der Waals surface area contributed by atoms with Crippen LogP contribution < -0.4 is 5.73 Å². The van der Waals surface area contributed by atoms with Gasteiger partial charge in [0, 0.05) is 10.7 Å². The van der Waals surface area contributed by atoms with Crippen LogP contribution in [-0.2, 0) is 0 Å². The zero-order chi connectivity index (χ0) is 10.8. The molecule has 0 saturated heterocycles. The first-order valence-electron chi connectivity index (χ1n) is 3.82. The summed E-state index contributed by atoms with van der Waals surface area (Å²) in [7, 11) is 0. The number of rotatable bonds is 2. The Balaban J connectivity index is 0.00000196. The van der Waals surface area contributed by atoms with E-state index in [1.807, 2.05) is 0 Å². The highest BCUT2D eigenvalue weighted by atomic mass is 79.9. The highest BCUT2D eigenvalue weighted by Crippen LogP contribution is 2.27. The monoisotopic (exact) mass is 304 g/mol. The lowest BCUT2D eigenvalue weighted by Gasteiger charge is -2.13. The van der Waals surface area contributed by atoms with Crippen LogP contribution >= 0.6 is 28.3 Å². The van der Waals surface area contributed by atoms with Crippen molar-refractivity contribution in [3.63, 3.8) is 0 Å². The van der Waals surface area contributed by atoms with E-state index >= 15 is 0 Å². The fraction of sp³-hybridized carbons (Fsp3) is 0.375. The SMILES string of the molecule is Cl.N[C@H](CC(F)(F)F)c1ccc(Br)cn1. The highest BCUT2D eigenvalue weighted by Gasteiger charge is 2.31. The number of aromatic nitrogens is 1. The second-order valence-electron chi connectivity index (χ2n) is 2.83. The average Bonchev–Trinajstić information content (AvgIpc) is 2.02. The van der Waals surface area contributed by atoms with E-state index in [-0.39, 0.29) is 18.1 Å². The van der Waals surface area contributed by atoms with Gasteiger partial charge in [0.1, 0.15) is 0 Å². The van der Waals surface area contributed by atoms with Crippen molar-refractivity contribution in [3.8, 4) is 0 Å². The normalized spacial score (nSPS) is 13.1. The maximum Gasteiger partial charge on any atom is 0.390 e. The number of nitrogens with zero attached hydrogens (tertiary/aromatic N) is 1. The molecule has 0 bridgehead atoms. The third kappa shape index (κ3) is 5.34. The van der Waals surface area contributed by atoms with Crippen molar-refractivity contribution in [2.24, 2.45) is 5.73 Å². The maximum atomic E-state index is 12.0. The molecular weight excluding hydrogens is 296 g/mol. The van der Waals surface area contributed by atoms with Gasteiger partial charge in [-0.05, 0) is 28.1 Å². The molecule has 1 rings (SSSR count). The number of hydrogen-bond acceptors (Lipinski definition) is 2. The molecule has 2 nitrogen and oxygen atoms in total. The summed E-state index contributed by atoms with van der Waals surface area (Å²) in [5.74, 6) is 0. The van der Waals surface area contributed by atoms with Gasteiger partial charge < -0.3 is 5.73 Å². The quantitative estimate of drug-likeness (QED) is 0.911. The molecule has 0 spiro atoms. The molecule has 0 aliphatic rings. The summed E-state index contributed by atoms with van der Waals surface area (Å²) in [6, 6.07) is 1.99. The Labute approximate surface area is 99.6 Å². The molecule has 1 aromatic rings. The molecule has 1 atom stereocenters. The van der Waals surface area contributed by atoms with E-state index in [1.165, 1.54) is 12.3 Å². The number of hydrogen-bond donors (Lipinski definition) is 1. The van der Waals surface area contributed by atoms with Crippen LogP contribution in [0.3, 0.4) is 0 Å². The number of pyridine rings is 1. The minimum atomic E-state index is -4.26. The molecule has 7 heteroatoms. The lowest BCUT2D eigenvalue weighted by Crippen LogP contribution is -2.21. The molecule has 1 aromatic heterocycles. The van der Waals surface area contributed by atoms with Gasteiger partial charge in [-0.1, -0.05) is 0 Å². The summed E-state index contributed by atoms with van der Waals surface area (Å²) in [5.41, 5.74) is 5.57. The number of nitrogens with two attached hydrogens (primary N) is 1. The van der Waals surface area contributed by atoms with Gasteiger partial charge in [0.05, 0.1) is 18.2 Å². The molecule has 0 aliphatic heterocycles. The fourth-order valence-corrected chi connectivity index (χ4v) is 1.20. The van der Waals surface area contributed by atoms with Gasteiger partial charge >= 0.3 is 6.18 Å². The predicted octanol–water partition coefficient (Wildman–Crippen LogP) is 3.22. The van der Waals surface area contributed by atoms with Gasteiger partial charge in [-0.3, -0.25) is 4.98 Å². The molecule has 0 saturated carbocycles. The lowest BCUT2D eigenvalue weighted by molar-refractivity contribution is -0.138. The minimum absolute atomic E-state index is 0. The third-order valence-corrected chi connectivity index (χ3v) is 2.05. The van der Waals surface area contributed by atoms with Crippen LogP contribution in [0.2, 0.25) is 0 Å². The molecule has 15 heavy (non-hydrogen) atoms. The summed E-state index contributed by atoms with van der Waals surface area (Å²) in [4.78, 5) is 3.79.